The zero-order valence-corrected chi connectivity index (χ0v) is 20.3. The number of nitrogens with zero attached hydrogens (tertiary/aromatic N) is 1. The zero-order valence-electron chi connectivity index (χ0n) is 16.4. The van der Waals surface area contributed by atoms with Crippen molar-refractivity contribution in [3.63, 3.8) is 0 Å². The average Bonchev–Trinajstić information content (AvgIpc) is 3.08. The molecule has 156 valence electrons. The summed E-state index contributed by atoms with van der Waals surface area (Å²) in [5.74, 6) is 0.487. The topological polar surface area (TPSA) is 47.9 Å². The Labute approximate surface area is 201 Å². The molecular weight excluding hydrogens is 546 g/mol. The van der Waals surface area contributed by atoms with Gasteiger partial charge >= 0.3 is 5.97 Å². The van der Waals surface area contributed by atoms with Gasteiger partial charge in [-0.2, -0.15) is 0 Å². The summed E-state index contributed by atoms with van der Waals surface area (Å²) in [6, 6.07) is 18.9. The first kappa shape index (κ1) is 21.8. The third kappa shape index (κ3) is 5.09. The van der Waals surface area contributed by atoms with Gasteiger partial charge in [0.2, 0.25) is 5.90 Å². The van der Waals surface area contributed by atoms with Crippen LogP contribution in [0.3, 0.4) is 0 Å². The molecule has 31 heavy (non-hydrogen) atoms. The Balaban J connectivity index is 1.57. The molecule has 0 atom stereocenters. The van der Waals surface area contributed by atoms with Gasteiger partial charge in [0, 0.05) is 10.6 Å². The first-order valence-corrected chi connectivity index (χ1v) is 11.3. The maximum absolute atomic E-state index is 12.3. The van der Waals surface area contributed by atoms with E-state index in [9.17, 15) is 4.79 Å². The second kappa shape index (κ2) is 9.39. The minimum absolute atomic E-state index is 0.240. The first-order valence-electron chi connectivity index (χ1n) is 9.35. The first-order chi connectivity index (χ1) is 14.9. The van der Waals surface area contributed by atoms with Crippen molar-refractivity contribution < 1.29 is 14.3 Å². The van der Waals surface area contributed by atoms with E-state index in [0.29, 0.717) is 23.3 Å². The highest BCUT2D eigenvalue weighted by Crippen LogP contribution is 2.36. The van der Waals surface area contributed by atoms with E-state index in [1.807, 2.05) is 67.6 Å². The van der Waals surface area contributed by atoms with Gasteiger partial charge in [0.15, 0.2) is 5.70 Å². The van der Waals surface area contributed by atoms with Crippen LogP contribution in [0.25, 0.3) is 6.08 Å². The molecule has 1 heterocycles. The summed E-state index contributed by atoms with van der Waals surface area (Å²) in [6.45, 7) is 2.32. The monoisotopic (exact) mass is 559 g/mol. The van der Waals surface area contributed by atoms with Gasteiger partial charge in [0.25, 0.3) is 0 Å². The molecule has 1 aliphatic heterocycles. The SMILES string of the molecule is Cc1ccccc1C1=N/C(=C\c2cc(Br)c(OCc3cccc(Cl)c3)c(Br)c2)C(=O)O1. The van der Waals surface area contributed by atoms with Crippen molar-refractivity contribution in [2.24, 2.45) is 4.99 Å². The van der Waals surface area contributed by atoms with Crippen LogP contribution in [-0.2, 0) is 16.1 Å². The largest absolute Gasteiger partial charge is 0.487 e. The Bertz CT molecular complexity index is 1210. The molecule has 0 radical (unpaired) electrons. The van der Waals surface area contributed by atoms with E-state index < -0.39 is 5.97 Å². The Morgan fingerprint density at radius 2 is 1.81 bits per heavy atom. The molecule has 4 rings (SSSR count). The van der Waals surface area contributed by atoms with Crippen LogP contribution in [0.15, 0.2) is 80.3 Å². The summed E-state index contributed by atoms with van der Waals surface area (Å²) in [5, 5.41) is 0.662. The van der Waals surface area contributed by atoms with E-state index in [-0.39, 0.29) is 5.70 Å². The minimum Gasteiger partial charge on any atom is -0.487 e. The molecule has 0 fully saturated rings. The van der Waals surface area contributed by atoms with Crippen molar-refractivity contribution in [1.82, 2.24) is 0 Å². The molecule has 0 spiro atoms. The van der Waals surface area contributed by atoms with Gasteiger partial charge in [-0.1, -0.05) is 41.9 Å². The van der Waals surface area contributed by atoms with E-state index in [2.05, 4.69) is 36.9 Å². The number of rotatable bonds is 5. The summed E-state index contributed by atoms with van der Waals surface area (Å²) >= 11 is 13.1. The van der Waals surface area contributed by atoms with Crippen molar-refractivity contribution in [3.05, 3.63) is 103 Å². The fourth-order valence-corrected chi connectivity index (χ4v) is 4.74. The van der Waals surface area contributed by atoms with E-state index in [0.717, 1.165) is 31.2 Å². The molecule has 0 bridgehead atoms. The number of carbonyl (C=O) groups is 1. The number of cyclic esters (lactones) is 1. The van der Waals surface area contributed by atoms with E-state index in [1.165, 1.54) is 0 Å². The standard InChI is InChI=1S/C24H16Br2ClNO3/c1-14-5-2-3-8-18(14)23-28-21(24(29)31-23)12-16-10-19(25)22(20(26)11-16)30-13-15-6-4-7-17(27)9-15/h2-12H,13H2,1H3/b21-12-. The molecule has 3 aromatic carbocycles. The van der Waals surface area contributed by atoms with Crippen LogP contribution in [0, 0.1) is 6.92 Å². The fraction of sp³-hybridized carbons (Fsp3) is 0.0833. The number of esters is 1. The van der Waals surface area contributed by atoms with Crippen molar-refractivity contribution in [2.45, 2.75) is 13.5 Å². The van der Waals surface area contributed by atoms with Gasteiger partial charge in [-0.05, 0) is 91.9 Å². The van der Waals surface area contributed by atoms with E-state index in [4.69, 9.17) is 21.1 Å². The third-order valence-corrected chi connectivity index (χ3v) is 6.01. The normalized spacial score (nSPS) is 14.5. The number of hydrogen-bond acceptors (Lipinski definition) is 4. The molecule has 0 saturated carbocycles. The predicted octanol–water partition coefficient (Wildman–Crippen LogP) is 7.10. The van der Waals surface area contributed by atoms with Gasteiger partial charge in [0.05, 0.1) is 8.95 Å². The smallest absolute Gasteiger partial charge is 0.363 e. The van der Waals surface area contributed by atoms with Crippen molar-refractivity contribution in [3.8, 4) is 5.75 Å². The summed E-state index contributed by atoms with van der Waals surface area (Å²) in [6.07, 6.45) is 1.68. The maximum atomic E-state index is 12.3. The molecule has 0 unspecified atom stereocenters. The lowest BCUT2D eigenvalue weighted by Crippen LogP contribution is -2.06. The predicted molar refractivity (Wildman–Crippen MR) is 129 cm³/mol. The Hall–Kier alpha value is -2.41. The van der Waals surface area contributed by atoms with Crippen molar-refractivity contribution in [2.75, 3.05) is 0 Å². The molecule has 4 nitrogen and oxygen atoms in total. The van der Waals surface area contributed by atoms with Crippen LogP contribution in [0.4, 0.5) is 0 Å². The van der Waals surface area contributed by atoms with Crippen molar-refractivity contribution in [1.29, 1.82) is 0 Å². The highest BCUT2D eigenvalue weighted by molar-refractivity contribution is 9.11. The Kier molecular flexibility index (Phi) is 6.60. The number of halogens is 3. The number of ether oxygens (including phenoxy) is 2. The summed E-state index contributed by atoms with van der Waals surface area (Å²) < 4.78 is 12.8. The lowest BCUT2D eigenvalue weighted by molar-refractivity contribution is -0.129. The zero-order chi connectivity index (χ0) is 22.0. The Morgan fingerprint density at radius 3 is 2.52 bits per heavy atom. The van der Waals surface area contributed by atoms with Crippen molar-refractivity contribution >= 4 is 61.4 Å². The summed E-state index contributed by atoms with van der Waals surface area (Å²) in [5.41, 5.74) is 3.76. The quantitative estimate of drug-likeness (QED) is 0.247. The molecule has 0 N–H and O–H groups in total. The number of benzene rings is 3. The second-order valence-electron chi connectivity index (χ2n) is 6.88. The van der Waals surface area contributed by atoms with Gasteiger partial charge < -0.3 is 9.47 Å². The summed E-state index contributed by atoms with van der Waals surface area (Å²) in [4.78, 5) is 16.7. The van der Waals surface area contributed by atoms with Gasteiger partial charge in [-0.3, -0.25) is 0 Å². The van der Waals surface area contributed by atoms with Gasteiger partial charge in [-0.25, -0.2) is 9.79 Å². The molecule has 0 aromatic heterocycles. The highest BCUT2D eigenvalue weighted by atomic mass is 79.9. The molecular formula is C24H16Br2ClNO3. The maximum Gasteiger partial charge on any atom is 0.363 e. The molecule has 3 aromatic rings. The molecule has 1 aliphatic rings. The number of carbonyl (C=O) groups excluding carboxylic acids is 1. The molecule has 7 heteroatoms. The minimum atomic E-state index is -0.480. The summed E-state index contributed by atoms with van der Waals surface area (Å²) in [7, 11) is 0. The van der Waals surface area contributed by atoms with Crippen LogP contribution in [0.5, 0.6) is 5.75 Å². The number of aryl methyl sites for hydroxylation is 1. The van der Waals surface area contributed by atoms with Crippen LogP contribution in [0.2, 0.25) is 5.02 Å². The van der Waals surface area contributed by atoms with Crippen LogP contribution < -0.4 is 4.74 Å². The van der Waals surface area contributed by atoms with Crippen LogP contribution in [0.1, 0.15) is 22.3 Å². The van der Waals surface area contributed by atoms with Gasteiger partial charge in [0.1, 0.15) is 12.4 Å². The molecule has 0 aliphatic carbocycles. The van der Waals surface area contributed by atoms with E-state index >= 15 is 0 Å². The number of aliphatic imine (C=N–C) groups is 1. The lowest BCUT2D eigenvalue weighted by Gasteiger charge is -2.11. The fourth-order valence-electron chi connectivity index (χ4n) is 3.08. The average molecular weight is 562 g/mol. The number of hydrogen-bond donors (Lipinski definition) is 0. The van der Waals surface area contributed by atoms with Crippen LogP contribution >= 0.6 is 43.5 Å². The Morgan fingerprint density at radius 1 is 1.06 bits per heavy atom. The highest BCUT2D eigenvalue weighted by Gasteiger charge is 2.25. The molecule has 0 saturated heterocycles. The van der Waals surface area contributed by atoms with Crippen LogP contribution in [-0.4, -0.2) is 11.9 Å². The second-order valence-corrected chi connectivity index (χ2v) is 9.03. The lowest BCUT2D eigenvalue weighted by atomic mass is 10.1. The van der Waals surface area contributed by atoms with E-state index in [1.54, 1.807) is 6.08 Å². The molecule has 0 amide bonds. The van der Waals surface area contributed by atoms with Gasteiger partial charge in [-0.15, -0.1) is 0 Å². The third-order valence-electron chi connectivity index (χ3n) is 4.59.